The second-order valence-electron chi connectivity index (χ2n) is 4.01. The number of halogens is 3. The minimum atomic E-state index is -5.03. The Morgan fingerprint density at radius 3 is 2.59 bits per heavy atom. The highest BCUT2D eigenvalue weighted by molar-refractivity contribution is 5.80. The summed E-state index contributed by atoms with van der Waals surface area (Å²) < 4.78 is 42.6. The van der Waals surface area contributed by atoms with Crippen LogP contribution in [0.15, 0.2) is 11.6 Å². The molecule has 17 heavy (non-hydrogen) atoms. The Morgan fingerprint density at radius 2 is 2.18 bits per heavy atom. The van der Waals surface area contributed by atoms with Gasteiger partial charge in [0, 0.05) is 6.42 Å². The first-order valence-corrected chi connectivity index (χ1v) is 5.45. The van der Waals surface area contributed by atoms with Gasteiger partial charge in [0.2, 0.25) is 0 Å². The van der Waals surface area contributed by atoms with Gasteiger partial charge < -0.3 is 9.84 Å². The first kappa shape index (κ1) is 14.0. The minimum absolute atomic E-state index is 0.198. The van der Waals surface area contributed by atoms with E-state index in [9.17, 15) is 23.1 Å². The van der Waals surface area contributed by atoms with Crippen molar-refractivity contribution < 1.29 is 27.8 Å². The molecule has 0 fully saturated rings. The van der Waals surface area contributed by atoms with Crippen molar-refractivity contribution in [1.82, 2.24) is 0 Å². The summed E-state index contributed by atoms with van der Waals surface area (Å²) in [5.41, 5.74) is -2.96. The van der Waals surface area contributed by atoms with E-state index in [1.807, 2.05) is 0 Å². The van der Waals surface area contributed by atoms with Crippen molar-refractivity contribution in [3.05, 3.63) is 11.6 Å². The molecule has 0 saturated carbocycles. The SMILES string of the molecule is CCOC(=O)C(O)(CC1=CCCC1)C(F)(F)F. The van der Waals surface area contributed by atoms with Crippen LogP contribution in [0.25, 0.3) is 0 Å². The largest absolute Gasteiger partial charge is 0.464 e. The van der Waals surface area contributed by atoms with E-state index in [1.54, 1.807) is 6.08 Å². The van der Waals surface area contributed by atoms with E-state index in [0.29, 0.717) is 18.4 Å². The fraction of sp³-hybridized carbons (Fsp3) is 0.727. The van der Waals surface area contributed by atoms with Crippen molar-refractivity contribution in [3.8, 4) is 0 Å². The number of hydrogen-bond donors (Lipinski definition) is 1. The number of aliphatic hydroxyl groups is 1. The lowest BCUT2D eigenvalue weighted by molar-refractivity contribution is -0.262. The van der Waals surface area contributed by atoms with Crippen LogP contribution < -0.4 is 0 Å². The summed E-state index contributed by atoms with van der Waals surface area (Å²) >= 11 is 0. The minimum Gasteiger partial charge on any atom is -0.464 e. The zero-order valence-corrected chi connectivity index (χ0v) is 9.51. The molecule has 0 radical (unpaired) electrons. The van der Waals surface area contributed by atoms with Gasteiger partial charge in [-0.25, -0.2) is 4.79 Å². The molecule has 1 aliphatic rings. The number of esters is 1. The topological polar surface area (TPSA) is 46.5 Å². The Kier molecular flexibility index (Phi) is 4.19. The second kappa shape index (κ2) is 5.08. The molecule has 0 aromatic carbocycles. The zero-order valence-electron chi connectivity index (χ0n) is 9.51. The molecular formula is C11H15F3O3. The summed E-state index contributed by atoms with van der Waals surface area (Å²) in [6, 6.07) is 0. The van der Waals surface area contributed by atoms with E-state index in [-0.39, 0.29) is 6.61 Å². The fourth-order valence-corrected chi connectivity index (χ4v) is 1.77. The standard InChI is InChI=1S/C11H15F3O3/c1-2-17-9(15)10(16,11(12,13)14)7-8-5-3-4-6-8/h5,16H,2-4,6-7H2,1H3. The average Bonchev–Trinajstić information content (AvgIpc) is 2.68. The summed E-state index contributed by atoms with van der Waals surface area (Å²) in [6.07, 6.45) is -2.19. The lowest BCUT2D eigenvalue weighted by atomic mass is 9.93. The summed E-state index contributed by atoms with van der Waals surface area (Å²) in [4.78, 5) is 11.3. The number of alkyl halides is 3. The lowest BCUT2D eigenvalue weighted by Gasteiger charge is -2.28. The van der Waals surface area contributed by atoms with Crippen LogP contribution in [0.3, 0.4) is 0 Å². The van der Waals surface area contributed by atoms with Gasteiger partial charge in [-0.1, -0.05) is 11.6 Å². The van der Waals surface area contributed by atoms with Crippen molar-refractivity contribution in [3.63, 3.8) is 0 Å². The molecule has 1 rings (SSSR count). The molecule has 3 nitrogen and oxygen atoms in total. The average molecular weight is 252 g/mol. The van der Waals surface area contributed by atoms with Crippen LogP contribution in [-0.2, 0) is 9.53 Å². The van der Waals surface area contributed by atoms with Crippen LogP contribution in [0.4, 0.5) is 13.2 Å². The molecule has 1 unspecified atom stereocenters. The van der Waals surface area contributed by atoms with Crippen LogP contribution in [-0.4, -0.2) is 29.5 Å². The predicted octanol–water partition coefficient (Wildman–Crippen LogP) is 2.34. The van der Waals surface area contributed by atoms with Gasteiger partial charge in [-0.05, 0) is 26.2 Å². The van der Waals surface area contributed by atoms with Gasteiger partial charge in [0.15, 0.2) is 0 Å². The fourth-order valence-electron chi connectivity index (χ4n) is 1.77. The smallest absolute Gasteiger partial charge is 0.428 e. The molecular weight excluding hydrogens is 237 g/mol. The van der Waals surface area contributed by atoms with Gasteiger partial charge >= 0.3 is 12.1 Å². The van der Waals surface area contributed by atoms with Gasteiger partial charge in [0.1, 0.15) is 0 Å². The molecule has 98 valence electrons. The Bertz CT molecular complexity index is 322. The molecule has 0 aromatic heterocycles. The second-order valence-corrected chi connectivity index (χ2v) is 4.01. The molecule has 0 saturated heterocycles. The monoisotopic (exact) mass is 252 g/mol. The van der Waals surface area contributed by atoms with Crippen molar-refractivity contribution >= 4 is 5.97 Å². The van der Waals surface area contributed by atoms with E-state index in [4.69, 9.17) is 0 Å². The third-order valence-electron chi connectivity index (χ3n) is 2.70. The molecule has 0 aromatic rings. The molecule has 0 aliphatic heterocycles. The first-order chi connectivity index (χ1) is 7.81. The number of carbonyl (C=O) groups is 1. The maximum atomic E-state index is 12.8. The van der Waals surface area contributed by atoms with Crippen molar-refractivity contribution in [2.24, 2.45) is 0 Å². The maximum absolute atomic E-state index is 12.8. The van der Waals surface area contributed by atoms with Crippen molar-refractivity contribution in [1.29, 1.82) is 0 Å². The molecule has 0 spiro atoms. The summed E-state index contributed by atoms with van der Waals surface area (Å²) in [5.74, 6) is -1.62. The third-order valence-corrected chi connectivity index (χ3v) is 2.70. The molecule has 0 bridgehead atoms. The van der Waals surface area contributed by atoms with Gasteiger partial charge in [-0.2, -0.15) is 13.2 Å². The quantitative estimate of drug-likeness (QED) is 0.617. The number of carbonyl (C=O) groups excluding carboxylic acids is 1. The summed E-state index contributed by atoms with van der Waals surface area (Å²) in [7, 11) is 0. The number of allylic oxidation sites excluding steroid dienone is 1. The zero-order chi connectivity index (χ0) is 13.1. The van der Waals surface area contributed by atoms with E-state index in [1.165, 1.54) is 6.92 Å². The van der Waals surface area contributed by atoms with Gasteiger partial charge in [0.05, 0.1) is 6.61 Å². The maximum Gasteiger partial charge on any atom is 0.428 e. The Morgan fingerprint density at radius 1 is 1.53 bits per heavy atom. The van der Waals surface area contributed by atoms with Crippen molar-refractivity contribution in [2.75, 3.05) is 6.61 Å². The Labute approximate surface area is 97.3 Å². The van der Waals surface area contributed by atoms with E-state index < -0.39 is 24.2 Å². The van der Waals surface area contributed by atoms with Crippen LogP contribution >= 0.6 is 0 Å². The van der Waals surface area contributed by atoms with Crippen LogP contribution in [0, 0.1) is 0 Å². The Hall–Kier alpha value is -1.04. The highest BCUT2D eigenvalue weighted by atomic mass is 19.4. The van der Waals surface area contributed by atoms with Gasteiger partial charge in [-0.3, -0.25) is 0 Å². The normalized spacial score (nSPS) is 19.7. The molecule has 1 N–H and O–H groups in total. The van der Waals surface area contributed by atoms with Gasteiger partial charge in [0.25, 0.3) is 5.60 Å². The molecule has 1 atom stereocenters. The van der Waals surface area contributed by atoms with Gasteiger partial charge in [-0.15, -0.1) is 0 Å². The van der Waals surface area contributed by atoms with Crippen LogP contribution in [0.1, 0.15) is 32.6 Å². The first-order valence-electron chi connectivity index (χ1n) is 5.45. The summed E-state index contributed by atoms with van der Waals surface area (Å²) in [6.45, 7) is 1.19. The third kappa shape index (κ3) is 3.00. The number of hydrogen-bond acceptors (Lipinski definition) is 3. The highest BCUT2D eigenvalue weighted by Gasteiger charge is 2.60. The van der Waals surface area contributed by atoms with Crippen LogP contribution in [0.2, 0.25) is 0 Å². The number of rotatable bonds is 4. The molecule has 0 amide bonds. The number of ether oxygens (including phenoxy) is 1. The highest BCUT2D eigenvalue weighted by Crippen LogP contribution is 2.38. The van der Waals surface area contributed by atoms with E-state index in [2.05, 4.69) is 4.74 Å². The molecule has 1 aliphatic carbocycles. The lowest BCUT2D eigenvalue weighted by Crippen LogP contribution is -2.53. The van der Waals surface area contributed by atoms with Crippen LogP contribution in [0.5, 0.6) is 0 Å². The predicted molar refractivity (Wildman–Crippen MR) is 54.2 cm³/mol. The molecule has 0 heterocycles. The summed E-state index contributed by atoms with van der Waals surface area (Å²) in [5, 5.41) is 9.57. The molecule has 6 heteroatoms. The Balaban J connectivity index is 2.89. The van der Waals surface area contributed by atoms with E-state index in [0.717, 1.165) is 6.42 Å². The van der Waals surface area contributed by atoms with E-state index >= 15 is 0 Å². The van der Waals surface area contributed by atoms with Crippen molar-refractivity contribution in [2.45, 2.75) is 44.4 Å².